The topological polar surface area (TPSA) is 444 Å². The Morgan fingerprint density at radius 3 is 1.20 bits per heavy atom. The molecule has 4 amide bonds. The van der Waals surface area contributed by atoms with Gasteiger partial charge in [0.25, 0.3) is 23.6 Å². The van der Waals surface area contributed by atoms with Crippen LogP contribution in [0.2, 0.25) is 0 Å². The van der Waals surface area contributed by atoms with Gasteiger partial charge in [-0.15, -0.1) is 5.06 Å². The van der Waals surface area contributed by atoms with Crippen molar-refractivity contribution in [1.82, 2.24) is 10.1 Å². The van der Waals surface area contributed by atoms with Crippen molar-refractivity contribution in [2.24, 2.45) is 10.2 Å². The number of carboxylic acids is 1. The molecule has 2 aliphatic rings. The molecule has 2 aliphatic heterocycles. The van der Waals surface area contributed by atoms with Crippen LogP contribution in [-0.4, -0.2) is 211 Å². The molecule has 0 bridgehead atoms. The molecule has 360 valence electrons. The Balaban J connectivity index is -0.000000967. The monoisotopic (exact) mass is 998 g/mol. The van der Waals surface area contributed by atoms with Gasteiger partial charge in [0.15, 0.2) is 0 Å². The van der Waals surface area contributed by atoms with Crippen LogP contribution < -0.4 is 59.1 Å². The molecule has 2 fully saturated rings. The number of amides is 4. The molecule has 2 heterocycles. The summed E-state index contributed by atoms with van der Waals surface area (Å²) >= 11 is 0. The van der Waals surface area contributed by atoms with E-state index >= 15 is 0 Å². The average Bonchev–Trinajstić information content (AvgIpc) is 3.66. The van der Waals surface area contributed by atoms with E-state index in [2.05, 4.69) is 24.9 Å². The third kappa shape index (κ3) is 34.3. The molecular formula is C30H48N8Na2O23S2. The summed E-state index contributed by atoms with van der Waals surface area (Å²) in [6, 6.07) is 0. The summed E-state index contributed by atoms with van der Waals surface area (Å²) in [6.07, 6.45) is -1.95. The van der Waals surface area contributed by atoms with Gasteiger partial charge < -0.3 is 56.9 Å². The SMILES string of the molecule is O=C1CC(S(=O)(=O)[O-])C(=O)N1O.[N-]=[N+]=NCCOCCOCCOCCOCCC(=O)O.[N-]=[N+]=NCCOCCOCCOCCOCCC(=O)ON1C(=O)CC(S(=O)(=O)[O-])C1=O.[Na+].[Na+]. The van der Waals surface area contributed by atoms with Crippen LogP contribution in [0.3, 0.4) is 0 Å². The van der Waals surface area contributed by atoms with Crippen molar-refractivity contribution in [3.05, 3.63) is 20.9 Å². The Kier molecular flexibility index (Phi) is 41.4. The first-order valence-corrected chi connectivity index (χ1v) is 21.2. The van der Waals surface area contributed by atoms with Crippen LogP contribution in [0.1, 0.15) is 25.7 Å². The molecule has 2 atom stereocenters. The summed E-state index contributed by atoms with van der Waals surface area (Å²) in [6.45, 7) is 5.74. The molecule has 0 aromatic heterocycles. The quantitative estimate of drug-likeness (QED) is 0.00901. The number of hydrogen-bond acceptors (Lipinski definition) is 24. The number of nitrogens with zero attached hydrogens (tertiary/aromatic N) is 8. The molecule has 35 heteroatoms. The van der Waals surface area contributed by atoms with Gasteiger partial charge in [0, 0.05) is 22.9 Å². The first-order valence-electron chi connectivity index (χ1n) is 18.3. The maximum absolute atomic E-state index is 11.7. The number of imide groups is 2. The molecule has 0 aliphatic carbocycles. The van der Waals surface area contributed by atoms with E-state index in [0.29, 0.717) is 85.8 Å². The average molecular weight is 999 g/mol. The van der Waals surface area contributed by atoms with E-state index in [-0.39, 0.29) is 115 Å². The molecule has 0 saturated carbocycles. The van der Waals surface area contributed by atoms with Crippen molar-refractivity contribution in [2.75, 3.05) is 119 Å². The van der Waals surface area contributed by atoms with Crippen molar-refractivity contribution in [3.63, 3.8) is 0 Å². The van der Waals surface area contributed by atoms with E-state index in [1.807, 2.05) is 0 Å². The van der Waals surface area contributed by atoms with E-state index < -0.39 is 79.1 Å². The second-order valence-corrected chi connectivity index (χ2v) is 14.7. The fourth-order valence-corrected chi connectivity index (χ4v) is 5.39. The second kappa shape index (κ2) is 40.4. The molecule has 0 spiro atoms. The normalized spacial score (nSPS) is 15.6. The van der Waals surface area contributed by atoms with Crippen LogP contribution in [0.15, 0.2) is 10.2 Å². The summed E-state index contributed by atoms with van der Waals surface area (Å²) in [5.41, 5.74) is 16.1. The minimum atomic E-state index is -5.02. The Labute approximate surface area is 416 Å². The molecular weight excluding hydrogens is 950 g/mol. The van der Waals surface area contributed by atoms with E-state index in [0.717, 1.165) is 0 Å². The van der Waals surface area contributed by atoms with Crippen LogP contribution in [-0.2, 0) is 91.7 Å². The van der Waals surface area contributed by atoms with Gasteiger partial charge in [-0.25, -0.2) is 21.6 Å². The van der Waals surface area contributed by atoms with Crippen molar-refractivity contribution in [2.45, 2.75) is 36.2 Å². The summed E-state index contributed by atoms with van der Waals surface area (Å²) in [4.78, 5) is 75.8. The van der Waals surface area contributed by atoms with E-state index in [4.69, 9.17) is 59.3 Å². The number of hydroxylamine groups is 4. The van der Waals surface area contributed by atoms with Crippen molar-refractivity contribution >= 4 is 55.8 Å². The number of carbonyl (C=O) groups excluding carboxylic acids is 5. The smallest absolute Gasteiger partial charge is 0.747 e. The van der Waals surface area contributed by atoms with Crippen LogP contribution in [0.4, 0.5) is 0 Å². The summed E-state index contributed by atoms with van der Waals surface area (Å²) in [5, 5.41) is 19.1. The minimum absolute atomic E-state index is 0. The zero-order valence-corrected chi connectivity index (χ0v) is 41.2. The largest absolute Gasteiger partial charge is 1.00 e. The van der Waals surface area contributed by atoms with Gasteiger partial charge in [-0.05, 0) is 11.1 Å². The Morgan fingerprint density at radius 2 is 0.908 bits per heavy atom. The molecule has 2 rings (SSSR count). The van der Waals surface area contributed by atoms with Crippen LogP contribution in [0.5, 0.6) is 0 Å². The summed E-state index contributed by atoms with van der Waals surface area (Å²) < 4.78 is 105. The molecule has 2 saturated heterocycles. The Hall–Kier alpha value is -2.70. The molecule has 0 aromatic rings. The number of carboxylic acid groups (broad SMARTS) is 1. The van der Waals surface area contributed by atoms with Gasteiger partial charge in [-0.1, -0.05) is 10.2 Å². The van der Waals surface area contributed by atoms with Crippen LogP contribution >= 0.6 is 0 Å². The van der Waals surface area contributed by atoms with Crippen LogP contribution in [0.25, 0.3) is 20.9 Å². The standard InChI is InChI=1S/C15H24N4O11S.C11H21N3O6.C4H5NO6S.2Na/c16-18-17-2-4-27-6-8-29-10-9-28-7-5-26-3-1-14(21)30-19-13(20)11-12(15(19)22)31(23,24)25;12-14-13-2-4-18-6-8-20-10-9-19-7-5-17-3-1-11(15)16;6-3-1-2(12(9,10)11)4(7)5(3)8;;/h12H,1-11H2,(H,23,24,25);1-10H2,(H,15,16);2,8H,1H2,(H,9,10,11);;/q;;;2*+1/p-2. The second-order valence-electron chi connectivity index (χ2n) is 11.6. The fraction of sp³-hybridized carbons (Fsp3) is 0.800. The summed E-state index contributed by atoms with van der Waals surface area (Å²) in [5.74, 6) is -6.80. The number of carbonyl (C=O) groups is 6. The molecule has 31 nitrogen and oxygen atoms in total. The zero-order chi connectivity index (χ0) is 47.5. The Bertz CT molecular complexity index is 1740. The minimum Gasteiger partial charge on any atom is -0.747 e. The first-order chi connectivity index (χ1) is 29.9. The van der Waals surface area contributed by atoms with Gasteiger partial charge >= 0.3 is 71.1 Å². The fourth-order valence-electron chi connectivity index (χ4n) is 4.01. The predicted octanol–water partition coefficient (Wildman–Crippen LogP) is -8.22. The number of hydrogen-bond donors (Lipinski definition) is 2. The zero-order valence-electron chi connectivity index (χ0n) is 35.6. The number of aliphatic carboxylic acids is 1. The summed E-state index contributed by atoms with van der Waals surface area (Å²) in [7, 11) is -9.86. The van der Waals surface area contributed by atoms with E-state index in [1.54, 1.807) is 0 Å². The van der Waals surface area contributed by atoms with E-state index in [9.17, 15) is 54.7 Å². The predicted molar refractivity (Wildman–Crippen MR) is 199 cm³/mol. The Morgan fingerprint density at radius 1 is 0.585 bits per heavy atom. The van der Waals surface area contributed by atoms with Crippen molar-refractivity contribution in [1.29, 1.82) is 0 Å². The van der Waals surface area contributed by atoms with Crippen molar-refractivity contribution < 1.29 is 167 Å². The molecule has 2 N–H and O–H groups in total. The maximum Gasteiger partial charge on any atom is 1.00 e. The molecule has 0 radical (unpaired) electrons. The van der Waals surface area contributed by atoms with Gasteiger partial charge in [-0.2, -0.15) is 5.06 Å². The van der Waals surface area contributed by atoms with E-state index in [1.165, 1.54) is 0 Å². The van der Waals surface area contributed by atoms with Crippen LogP contribution in [0, 0.1) is 0 Å². The van der Waals surface area contributed by atoms with Gasteiger partial charge in [0.2, 0.25) is 0 Å². The number of ether oxygens (including phenoxy) is 8. The number of azide groups is 2. The molecule has 2 unspecified atom stereocenters. The third-order valence-corrected chi connectivity index (χ3v) is 9.10. The number of rotatable bonds is 33. The van der Waals surface area contributed by atoms with Gasteiger partial charge in [0.1, 0.15) is 30.7 Å². The first kappa shape index (κ1) is 66.6. The maximum atomic E-state index is 11.7. The van der Waals surface area contributed by atoms with Crippen molar-refractivity contribution in [3.8, 4) is 0 Å². The molecule has 65 heavy (non-hydrogen) atoms. The third-order valence-electron chi connectivity index (χ3n) is 6.97. The van der Waals surface area contributed by atoms with Gasteiger partial charge in [0.05, 0.1) is 131 Å². The molecule has 0 aromatic carbocycles. The van der Waals surface area contributed by atoms with Gasteiger partial charge in [-0.3, -0.25) is 29.2 Å².